The predicted molar refractivity (Wildman–Crippen MR) is 86.6 cm³/mol. The molecular formula is C17H21ClN2O. The van der Waals surface area contributed by atoms with Crippen molar-refractivity contribution >= 4 is 11.6 Å². The molecule has 0 saturated heterocycles. The number of nitrogens with one attached hydrogen (secondary N) is 1. The van der Waals surface area contributed by atoms with E-state index in [0.29, 0.717) is 30.0 Å². The van der Waals surface area contributed by atoms with E-state index in [0.717, 1.165) is 17.8 Å². The van der Waals surface area contributed by atoms with Crippen molar-refractivity contribution in [1.82, 2.24) is 10.3 Å². The summed E-state index contributed by atoms with van der Waals surface area (Å²) < 4.78 is 5.72. The van der Waals surface area contributed by atoms with Crippen molar-refractivity contribution in [2.75, 3.05) is 6.54 Å². The fourth-order valence-corrected chi connectivity index (χ4v) is 2.05. The minimum absolute atomic E-state index is 0.508. The zero-order valence-electron chi connectivity index (χ0n) is 12.5. The number of aromatic nitrogens is 1. The molecule has 0 aliphatic carbocycles. The fraction of sp³-hybridized carbons (Fsp3) is 0.353. The topological polar surface area (TPSA) is 34.2 Å². The minimum atomic E-state index is 0.508. The van der Waals surface area contributed by atoms with E-state index >= 15 is 0 Å². The number of hydrogen-bond donors (Lipinski definition) is 1. The van der Waals surface area contributed by atoms with Gasteiger partial charge in [0.05, 0.1) is 10.7 Å². The Hall–Kier alpha value is -1.58. The zero-order chi connectivity index (χ0) is 15.1. The van der Waals surface area contributed by atoms with E-state index < -0.39 is 0 Å². The molecule has 21 heavy (non-hydrogen) atoms. The maximum Gasteiger partial charge on any atom is 0.213 e. The Labute approximate surface area is 131 Å². The Morgan fingerprint density at radius 2 is 1.90 bits per heavy atom. The first-order valence-electron chi connectivity index (χ1n) is 7.18. The Balaban J connectivity index is 1.94. The molecule has 0 aliphatic rings. The van der Waals surface area contributed by atoms with Crippen LogP contribution in [0.25, 0.3) is 0 Å². The molecule has 0 unspecified atom stereocenters. The molecule has 0 atom stereocenters. The number of ether oxygens (including phenoxy) is 1. The number of benzene rings is 1. The molecule has 1 N–H and O–H groups in total. The van der Waals surface area contributed by atoms with Crippen molar-refractivity contribution in [3.05, 3.63) is 58.7 Å². The van der Waals surface area contributed by atoms with Crippen LogP contribution >= 0.6 is 11.6 Å². The molecule has 4 heteroatoms. The summed E-state index contributed by atoms with van der Waals surface area (Å²) >= 11 is 6.17. The Morgan fingerprint density at radius 1 is 1.14 bits per heavy atom. The van der Waals surface area contributed by atoms with Crippen LogP contribution in [0.4, 0.5) is 0 Å². The molecule has 1 aromatic heterocycles. The van der Waals surface area contributed by atoms with E-state index in [-0.39, 0.29) is 0 Å². The van der Waals surface area contributed by atoms with Gasteiger partial charge in [0.15, 0.2) is 0 Å². The molecule has 1 heterocycles. The summed E-state index contributed by atoms with van der Waals surface area (Å²) in [6, 6.07) is 13.7. The molecular weight excluding hydrogens is 284 g/mol. The number of pyridine rings is 1. The van der Waals surface area contributed by atoms with Crippen molar-refractivity contribution in [1.29, 1.82) is 0 Å². The van der Waals surface area contributed by atoms with Crippen LogP contribution in [0.3, 0.4) is 0 Å². The van der Waals surface area contributed by atoms with Gasteiger partial charge in [-0.15, -0.1) is 0 Å². The largest absolute Gasteiger partial charge is 0.473 e. The average molecular weight is 305 g/mol. The Morgan fingerprint density at radius 3 is 2.62 bits per heavy atom. The summed E-state index contributed by atoms with van der Waals surface area (Å²) in [6.07, 6.45) is 0. The molecule has 0 spiro atoms. The highest BCUT2D eigenvalue weighted by Gasteiger charge is 2.05. The third-order valence-corrected chi connectivity index (χ3v) is 3.31. The molecule has 0 saturated carbocycles. The first kappa shape index (κ1) is 15.8. The van der Waals surface area contributed by atoms with Crippen molar-refractivity contribution in [2.45, 2.75) is 27.0 Å². The molecule has 2 aromatic rings. The maximum absolute atomic E-state index is 6.17. The van der Waals surface area contributed by atoms with Gasteiger partial charge in [0.1, 0.15) is 6.61 Å². The molecule has 0 fully saturated rings. The van der Waals surface area contributed by atoms with Crippen molar-refractivity contribution in [3.63, 3.8) is 0 Å². The first-order valence-corrected chi connectivity index (χ1v) is 7.56. The molecule has 2 rings (SSSR count). The van der Waals surface area contributed by atoms with Crippen LogP contribution in [0.15, 0.2) is 42.5 Å². The zero-order valence-corrected chi connectivity index (χ0v) is 13.2. The average Bonchev–Trinajstić information content (AvgIpc) is 2.48. The van der Waals surface area contributed by atoms with E-state index in [1.54, 1.807) is 6.07 Å². The van der Waals surface area contributed by atoms with E-state index in [2.05, 4.69) is 24.1 Å². The van der Waals surface area contributed by atoms with Crippen LogP contribution in [0.5, 0.6) is 5.88 Å². The molecule has 112 valence electrons. The smallest absolute Gasteiger partial charge is 0.213 e. The van der Waals surface area contributed by atoms with Crippen molar-refractivity contribution in [3.8, 4) is 5.88 Å². The number of nitrogens with zero attached hydrogens (tertiary/aromatic N) is 1. The highest BCUT2D eigenvalue weighted by atomic mass is 35.5. The van der Waals surface area contributed by atoms with Gasteiger partial charge in [0.25, 0.3) is 0 Å². The van der Waals surface area contributed by atoms with Gasteiger partial charge < -0.3 is 10.1 Å². The highest BCUT2D eigenvalue weighted by molar-refractivity contribution is 6.31. The maximum atomic E-state index is 6.17. The number of rotatable bonds is 7. The summed E-state index contributed by atoms with van der Waals surface area (Å²) in [4.78, 5) is 4.47. The first-order chi connectivity index (χ1) is 10.1. The van der Waals surface area contributed by atoms with E-state index in [1.807, 2.05) is 36.4 Å². The third-order valence-electron chi connectivity index (χ3n) is 2.97. The molecule has 3 nitrogen and oxygen atoms in total. The number of halogens is 1. The van der Waals surface area contributed by atoms with Gasteiger partial charge in [0, 0.05) is 12.6 Å². The SMILES string of the molecule is CC(C)CNCc1nc(OCc2ccccc2)ccc1Cl. The van der Waals surface area contributed by atoms with Gasteiger partial charge in [-0.05, 0) is 24.1 Å². The monoisotopic (exact) mass is 304 g/mol. The van der Waals surface area contributed by atoms with Crippen LogP contribution in [-0.2, 0) is 13.2 Å². The quantitative estimate of drug-likeness (QED) is 0.837. The lowest BCUT2D eigenvalue weighted by atomic mass is 10.2. The molecule has 0 aliphatic heterocycles. The van der Waals surface area contributed by atoms with Gasteiger partial charge in [-0.1, -0.05) is 55.8 Å². The molecule has 0 bridgehead atoms. The lowest BCUT2D eigenvalue weighted by Crippen LogP contribution is -2.20. The second-order valence-corrected chi connectivity index (χ2v) is 5.78. The predicted octanol–water partition coefficient (Wildman–Crippen LogP) is 4.06. The summed E-state index contributed by atoms with van der Waals surface area (Å²) in [5, 5.41) is 4.01. The summed E-state index contributed by atoms with van der Waals surface area (Å²) in [7, 11) is 0. The van der Waals surface area contributed by atoms with E-state index in [4.69, 9.17) is 16.3 Å². The van der Waals surface area contributed by atoms with Gasteiger partial charge in [-0.3, -0.25) is 0 Å². The minimum Gasteiger partial charge on any atom is -0.473 e. The van der Waals surface area contributed by atoms with Crippen LogP contribution < -0.4 is 10.1 Å². The normalized spacial score (nSPS) is 10.9. The lowest BCUT2D eigenvalue weighted by molar-refractivity contribution is 0.293. The van der Waals surface area contributed by atoms with Gasteiger partial charge in [-0.2, -0.15) is 0 Å². The summed E-state index contributed by atoms with van der Waals surface area (Å²) in [6.45, 7) is 6.43. The molecule has 0 radical (unpaired) electrons. The van der Waals surface area contributed by atoms with Gasteiger partial charge in [-0.25, -0.2) is 4.98 Å². The van der Waals surface area contributed by atoms with E-state index in [1.165, 1.54) is 0 Å². The van der Waals surface area contributed by atoms with Crippen LogP contribution in [0, 0.1) is 5.92 Å². The highest BCUT2D eigenvalue weighted by Crippen LogP contribution is 2.18. The van der Waals surface area contributed by atoms with Crippen molar-refractivity contribution in [2.24, 2.45) is 5.92 Å². The van der Waals surface area contributed by atoms with Crippen LogP contribution in [0.1, 0.15) is 25.1 Å². The van der Waals surface area contributed by atoms with Crippen LogP contribution in [0.2, 0.25) is 5.02 Å². The number of hydrogen-bond acceptors (Lipinski definition) is 3. The van der Waals surface area contributed by atoms with Crippen LogP contribution in [-0.4, -0.2) is 11.5 Å². The Kier molecular flexibility index (Phi) is 6.03. The lowest BCUT2D eigenvalue weighted by Gasteiger charge is -2.10. The second kappa shape index (κ2) is 8.01. The van der Waals surface area contributed by atoms with Crippen molar-refractivity contribution < 1.29 is 4.74 Å². The van der Waals surface area contributed by atoms with Gasteiger partial charge in [0.2, 0.25) is 5.88 Å². The molecule has 1 aromatic carbocycles. The van der Waals surface area contributed by atoms with E-state index in [9.17, 15) is 0 Å². The summed E-state index contributed by atoms with van der Waals surface area (Å²) in [5.74, 6) is 1.20. The summed E-state index contributed by atoms with van der Waals surface area (Å²) in [5.41, 5.74) is 1.94. The third kappa shape index (κ3) is 5.37. The fourth-order valence-electron chi connectivity index (χ4n) is 1.88. The Bertz CT molecular complexity index is 558. The standard InChI is InChI=1S/C17H21ClN2O/c1-13(2)10-19-11-16-15(18)8-9-17(20-16)21-12-14-6-4-3-5-7-14/h3-9,13,19H,10-12H2,1-2H3. The van der Waals surface area contributed by atoms with Gasteiger partial charge >= 0.3 is 0 Å². The second-order valence-electron chi connectivity index (χ2n) is 5.38. The molecule has 0 amide bonds.